The molecule has 2 aliphatic carbocycles. The summed E-state index contributed by atoms with van der Waals surface area (Å²) in [6, 6.07) is 0. The highest BCUT2D eigenvalue weighted by atomic mass is 19.4. The van der Waals surface area contributed by atoms with Crippen molar-refractivity contribution in [3.63, 3.8) is 0 Å². The van der Waals surface area contributed by atoms with Crippen molar-refractivity contribution in [2.75, 3.05) is 45.9 Å². The number of alkyl halides is 6. The molecule has 300 valence electrons. The maximum absolute atomic E-state index is 15.0. The van der Waals surface area contributed by atoms with Crippen molar-refractivity contribution in [1.82, 2.24) is 9.80 Å². The molecule has 0 amide bonds. The van der Waals surface area contributed by atoms with Crippen molar-refractivity contribution >= 4 is 0 Å². The van der Waals surface area contributed by atoms with Crippen LogP contribution in [0.5, 0.6) is 0 Å². The Morgan fingerprint density at radius 2 is 1.40 bits per heavy atom. The third kappa shape index (κ3) is 5.83. The van der Waals surface area contributed by atoms with Crippen LogP contribution in [0.4, 0.5) is 26.3 Å². The van der Waals surface area contributed by atoms with Gasteiger partial charge in [0.15, 0.2) is 17.5 Å². The third-order valence-electron chi connectivity index (χ3n) is 14.2. The Labute approximate surface area is 304 Å². The molecule has 2 saturated carbocycles. The van der Waals surface area contributed by atoms with Crippen LogP contribution in [0.2, 0.25) is 0 Å². The van der Waals surface area contributed by atoms with Crippen molar-refractivity contribution in [3.8, 4) is 0 Å². The van der Waals surface area contributed by atoms with Gasteiger partial charge >= 0.3 is 12.4 Å². The fourth-order valence-electron chi connectivity index (χ4n) is 11.3. The van der Waals surface area contributed by atoms with Gasteiger partial charge in [0, 0.05) is 76.3 Å². The van der Waals surface area contributed by atoms with Gasteiger partial charge in [-0.15, -0.1) is 0 Å². The molecule has 2 spiro atoms. The molecule has 8 saturated heterocycles. The van der Waals surface area contributed by atoms with E-state index in [9.17, 15) is 26.3 Å². The number of piperazine rings is 1. The summed E-state index contributed by atoms with van der Waals surface area (Å²) in [5.41, 5.74) is -2.17. The lowest BCUT2D eigenvalue weighted by molar-refractivity contribution is -0.590. The molecule has 0 aromatic heterocycles. The van der Waals surface area contributed by atoms with Crippen molar-refractivity contribution in [2.24, 2.45) is 29.6 Å². The standard InChI is InChI=1S/C36H50F6N2O9/c1-21-7-8-26-24(27(35(37,38)39)46-28-34(26)25(21)10-12-31(3,47-28)51-53-34)20-44-15-13-43(14-16-44)17-18-45-32(36(40,41)42)19-23-6-4-5-22-9-11-30(2)48-29(49-32)33(22,23)52-50-30/h21-23,25-26,28-29H,4-20H2,1-3H3/t21-,22?,23+,25?,26+,28-,29+,30-,31-,32-,33?,34-/m1/s1. The first-order valence-corrected chi connectivity index (χ1v) is 19.4. The highest BCUT2D eigenvalue weighted by Gasteiger charge is 2.74. The highest BCUT2D eigenvalue weighted by Crippen LogP contribution is 2.63. The second-order valence-corrected chi connectivity index (χ2v) is 17.3. The second-order valence-electron chi connectivity index (χ2n) is 17.3. The summed E-state index contributed by atoms with van der Waals surface area (Å²) in [6.07, 6.45) is -6.91. The van der Waals surface area contributed by atoms with E-state index >= 15 is 0 Å². The van der Waals surface area contributed by atoms with Crippen LogP contribution in [-0.4, -0.2) is 109 Å². The van der Waals surface area contributed by atoms with Crippen molar-refractivity contribution in [1.29, 1.82) is 0 Å². The zero-order valence-electron chi connectivity index (χ0n) is 30.4. The number of hydrogen-bond acceptors (Lipinski definition) is 11. The van der Waals surface area contributed by atoms with Gasteiger partial charge in [0.2, 0.25) is 23.6 Å². The van der Waals surface area contributed by atoms with Crippen molar-refractivity contribution < 1.29 is 69.6 Å². The number of hydrogen-bond donors (Lipinski definition) is 0. The van der Waals surface area contributed by atoms with E-state index in [0.717, 1.165) is 19.3 Å². The maximum Gasteiger partial charge on any atom is 0.449 e. The van der Waals surface area contributed by atoms with Crippen LogP contribution in [0.15, 0.2) is 11.3 Å². The summed E-state index contributed by atoms with van der Waals surface area (Å²) in [5, 5.41) is 0. The molecule has 0 radical (unpaired) electrons. The third-order valence-corrected chi connectivity index (χ3v) is 14.2. The lowest BCUT2D eigenvalue weighted by Gasteiger charge is -2.59. The van der Waals surface area contributed by atoms with Crippen LogP contribution < -0.4 is 0 Å². The quantitative estimate of drug-likeness (QED) is 0.225. The second kappa shape index (κ2) is 12.6. The van der Waals surface area contributed by atoms with E-state index in [4.69, 9.17) is 43.2 Å². The molecule has 0 N–H and O–H groups in total. The van der Waals surface area contributed by atoms with Gasteiger partial charge in [-0.2, -0.15) is 26.3 Å². The molecule has 12 atom stereocenters. The minimum Gasteiger partial charge on any atom is -0.456 e. The monoisotopic (exact) mass is 768 g/mol. The Morgan fingerprint density at radius 1 is 0.736 bits per heavy atom. The molecule has 0 aromatic carbocycles. The highest BCUT2D eigenvalue weighted by molar-refractivity contribution is 5.29. The number of fused-ring (bicyclic) bond motifs is 4. The first-order chi connectivity index (χ1) is 25.0. The SMILES string of the molecule is C[C@@H]1CC[C@H]2C(CN3CCN(CCO[C@]4(C(F)(F)F)C[C@@H]5CCCC6CC[C@@]7(C)OOC65[C@@H](O7)O4)CC3)=C(C(F)(F)F)O[C@@H]3O[C@@]4(C)CCC1[C@]32OO4. The van der Waals surface area contributed by atoms with Gasteiger partial charge in [-0.1, -0.05) is 13.3 Å². The van der Waals surface area contributed by atoms with Gasteiger partial charge < -0.3 is 23.7 Å². The lowest BCUT2D eigenvalue weighted by atomic mass is 9.59. The van der Waals surface area contributed by atoms with Gasteiger partial charge in [0.25, 0.3) is 5.79 Å². The molecule has 17 heteroatoms. The van der Waals surface area contributed by atoms with E-state index in [2.05, 4.69) is 6.92 Å². The molecule has 10 fully saturated rings. The first-order valence-electron chi connectivity index (χ1n) is 19.4. The molecule has 4 bridgehead atoms. The Kier molecular flexibility index (Phi) is 8.88. The Balaban J connectivity index is 0.871. The summed E-state index contributed by atoms with van der Waals surface area (Å²) in [4.78, 5) is 27.4. The first kappa shape index (κ1) is 37.3. The molecule has 11 nitrogen and oxygen atoms in total. The van der Waals surface area contributed by atoms with E-state index in [1.165, 1.54) is 0 Å². The van der Waals surface area contributed by atoms with Crippen molar-refractivity contribution in [2.45, 2.75) is 138 Å². The van der Waals surface area contributed by atoms with E-state index in [1.807, 2.05) is 9.80 Å². The van der Waals surface area contributed by atoms with Crippen LogP contribution >= 0.6 is 0 Å². The summed E-state index contributed by atoms with van der Waals surface area (Å²) in [5.74, 6) is -7.44. The minimum atomic E-state index is -4.84. The minimum absolute atomic E-state index is 0.0152. The van der Waals surface area contributed by atoms with Crippen LogP contribution in [0.3, 0.4) is 0 Å². The molecular weight excluding hydrogens is 718 g/mol. The number of rotatable bonds is 6. The van der Waals surface area contributed by atoms with Crippen LogP contribution in [0.1, 0.15) is 85.0 Å². The molecular formula is C36H50F6N2O9. The fourth-order valence-corrected chi connectivity index (χ4v) is 11.3. The zero-order valence-corrected chi connectivity index (χ0v) is 30.4. The molecule has 11 aliphatic rings. The summed E-state index contributed by atoms with van der Waals surface area (Å²) in [7, 11) is 0. The molecule has 53 heavy (non-hydrogen) atoms. The van der Waals surface area contributed by atoms with Crippen LogP contribution in [0, 0.1) is 29.6 Å². The Hall–Kier alpha value is -1.28. The predicted molar refractivity (Wildman–Crippen MR) is 169 cm³/mol. The van der Waals surface area contributed by atoms with E-state index in [1.54, 1.807) is 13.8 Å². The normalized spacial score (nSPS) is 48.8. The van der Waals surface area contributed by atoms with E-state index in [-0.39, 0.29) is 43.0 Å². The van der Waals surface area contributed by atoms with Gasteiger partial charge in [-0.3, -0.25) is 9.80 Å². The smallest absolute Gasteiger partial charge is 0.449 e. The zero-order chi connectivity index (χ0) is 37.2. The summed E-state index contributed by atoms with van der Waals surface area (Å²) in [6.45, 7) is 7.03. The number of ether oxygens (including phenoxy) is 5. The average Bonchev–Trinajstić information content (AvgIpc) is 3.46. The van der Waals surface area contributed by atoms with Crippen LogP contribution in [0.25, 0.3) is 0 Å². The lowest BCUT2D eigenvalue weighted by Crippen LogP contribution is -2.72. The van der Waals surface area contributed by atoms with Gasteiger partial charge in [0.05, 0.1) is 6.61 Å². The number of halogens is 6. The van der Waals surface area contributed by atoms with E-state index in [0.29, 0.717) is 64.7 Å². The summed E-state index contributed by atoms with van der Waals surface area (Å²) < 4.78 is 119. The fraction of sp³-hybridized carbons (Fsp3) is 0.944. The summed E-state index contributed by atoms with van der Waals surface area (Å²) >= 11 is 0. The average molecular weight is 769 g/mol. The van der Waals surface area contributed by atoms with Gasteiger partial charge in [0.1, 0.15) is 0 Å². The molecule has 9 heterocycles. The Morgan fingerprint density at radius 3 is 2.11 bits per heavy atom. The van der Waals surface area contributed by atoms with Crippen LogP contribution in [-0.2, 0) is 43.2 Å². The number of allylic oxidation sites excluding steroid dienone is 1. The molecule has 11 rings (SSSR count). The molecule has 3 unspecified atom stereocenters. The largest absolute Gasteiger partial charge is 0.456 e. The topological polar surface area (TPSA) is 89.6 Å². The maximum atomic E-state index is 15.0. The van der Waals surface area contributed by atoms with Gasteiger partial charge in [-0.05, 0) is 69.8 Å². The Bertz CT molecular complexity index is 1460. The number of nitrogens with zero attached hydrogens (tertiary/aromatic N) is 2. The van der Waals surface area contributed by atoms with Gasteiger partial charge in [-0.25, -0.2) is 19.6 Å². The molecule has 0 aromatic rings. The predicted octanol–water partition coefficient (Wildman–Crippen LogP) is 6.33. The van der Waals surface area contributed by atoms with Crippen molar-refractivity contribution in [3.05, 3.63) is 11.3 Å². The van der Waals surface area contributed by atoms with E-state index < -0.39 is 77.5 Å². The molecule has 9 aliphatic heterocycles.